The van der Waals surface area contributed by atoms with Crippen LogP contribution in [0.25, 0.3) is 0 Å². The summed E-state index contributed by atoms with van der Waals surface area (Å²) in [5, 5.41) is 0. The highest BCUT2D eigenvalue weighted by molar-refractivity contribution is 9.10. The maximum Gasteiger partial charge on any atom is 0.270 e. The molecule has 0 saturated carbocycles. The molecule has 0 unspecified atom stereocenters. The van der Waals surface area contributed by atoms with E-state index in [4.69, 9.17) is 9.47 Å². The SMILES string of the molecule is O=C(NNC(=O)c1ccccc1Br)c1cccc(OCCOc2ccccc2)c1. The van der Waals surface area contributed by atoms with E-state index >= 15 is 0 Å². The van der Waals surface area contributed by atoms with E-state index in [0.29, 0.717) is 34.6 Å². The lowest BCUT2D eigenvalue weighted by Crippen LogP contribution is -2.41. The van der Waals surface area contributed by atoms with Crippen LogP contribution in [0.2, 0.25) is 0 Å². The summed E-state index contributed by atoms with van der Waals surface area (Å²) in [6.45, 7) is 0.710. The maximum absolute atomic E-state index is 12.3. The van der Waals surface area contributed by atoms with E-state index in [0.717, 1.165) is 5.75 Å². The van der Waals surface area contributed by atoms with Gasteiger partial charge in [-0.25, -0.2) is 0 Å². The molecule has 3 rings (SSSR count). The summed E-state index contributed by atoms with van der Waals surface area (Å²) in [5.41, 5.74) is 5.58. The van der Waals surface area contributed by atoms with Crippen LogP contribution in [0.15, 0.2) is 83.3 Å². The first-order valence-corrected chi connectivity index (χ1v) is 9.69. The first-order chi connectivity index (χ1) is 14.1. The molecule has 0 radical (unpaired) electrons. The molecule has 0 aliphatic carbocycles. The van der Waals surface area contributed by atoms with Gasteiger partial charge in [0, 0.05) is 10.0 Å². The third-order valence-corrected chi connectivity index (χ3v) is 4.56. The molecular formula is C22H19BrN2O4. The van der Waals surface area contributed by atoms with Gasteiger partial charge >= 0.3 is 0 Å². The van der Waals surface area contributed by atoms with E-state index in [-0.39, 0.29) is 0 Å². The quantitative estimate of drug-likeness (QED) is 0.418. The number of hydrazine groups is 1. The predicted molar refractivity (Wildman–Crippen MR) is 113 cm³/mol. The zero-order valence-electron chi connectivity index (χ0n) is 15.4. The molecule has 2 N–H and O–H groups in total. The molecule has 0 atom stereocenters. The molecule has 0 spiro atoms. The number of rotatable bonds is 7. The number of carbonyl (C=O) groups is 2. The summed E-state index contributed by atoms with van der Waals surface area (Å²) in [5.74, 6) is 0.434. The maximum atomic E-state index is 12.3. The van der Waals surface area contributed by atoms with Gasteiger partial charge in [0.25, 0.3) is 11.8 Å². The van der Waals surface area contributed by atoms with Gasteiger partial charge in [-0.05, 0) is 58.4 Å². The van der Waals surface area contributed by atoms with Gasteiger partial charge in [-0.1, -0.05) is 36.4 Å². The Bertz CT molecular complexity index is 979. The summed E-state index contributed by atoms with van der Waals surface area (Å²) in [6, 6.07) is 23.1. The molecule has 0 aromatic heterocycles. The molecule has 6 nitrogen and oxygen atoms in total. The molecule has 148 valence electrons. The fourth-order valence-corrected chi connectivity index (χ4v) is 2.93. The normalized spacial score (nSPS) is 10.1. The minimum absolute atomic E-state index is 0.332. The van der Waals surface area contributed by atoms with Crippen molar-refractivity contribution in [2.45, 2.75) is 0 Å². The van der Waals surface area contributed by atoms with Crippen molar-refractivity contribution in [3.8, 4) is 11.5 Å². The van der Waals surface area contributed by atoms with Crippen molar-refractivity contribution >= 4 is 27.7 Å². The van der Waals surface area contributed by atoms with Gasteiger partial charge in [-0.2, -0.15) is 0 Å². The Morgan fingerprint density at radius 2 is 1.34 bits per heavy atom. The number of para-hydroxylation sites is 1. The van der Waals surface area contributed by atoms with Gasteiger partial charge in [0.1, 0.15) is 24.7 Å². The van der Waals surface area contributed by atoms with Gasteiger partial charge < -0.3 is 9.47 Å². The summed E-state index contributed by atoms with van der Waals surface area (Å²) in [4.78, 5) is 24.5. The molecule has 3 aromatic carbocycles. The lowest BCUT2D eigenvalue weighted by molar-refractivity contribution is 0.0846. The Balaban J connectivity index is 1.48. The third-order valence-electron chi connectivity index (χ3n) is 3.87. The van der Waals surface area contributed by atoms with Gasteiger partial charge in [-0.15, -0.1) is 0 Å². The van der Waals surface area contributed by atoms with Crippen LogP contribution in [0, 0.1) is 0 Å². The third kappa shape index (κ3) is 6.08. The van der Waals surface area contributed by atoms with Gasteiger partial charge in [0.15, 0.2) is 0 Å². The smallest absolute Gasteiger partial charge is 0.270 e. The molecule has 0 saturated heterocycles. The Morgan fingerprint density at radius 3 is 2.10 bits per heavy atom. The van der Waals surface area contributed by atoms with E-state index < -0.39 is 11.8 Å². The molecule has 2 amide bonds. The fraction of sp³-hybridized carbons (Fsp3) is 0.0909. The predicted octanol–water partition coefficient (Wildman–Crippen LogP) is 3.98. The minimum Gasteiger partial charge on any atom is -0.490 e. The largest absolute Gasteiger partial charge is 0.490 e. The van der Waals surface area contributed by atoms with Crippen molar-refractivity contribution in [3.63, 3.8) is 0 Å². The van der Waals surface area contributed by atoms with Crippen molar-refractivity contribution < 1.29 is 19.1 Å². The molecular weight excluding hydrogens is 436 g/mol. The van der Waals surface area contributed by atoms with Crippen LogP contribution in [-0.2, 0) is 0 Å². The van der Waals surface area contributed by atoms with E-state index in [2.05, 4.69) is 26.8 Å². The van der Waals surface area contributed by atoms with Crippen LogP contribution in [-0.4, -0.2) is 25.0 Å². The topological polar surface area (TPSA) is 76.7 Å². The van der Waals surface area contributed by atoms with Gasteiger partial charge in [0.2, 0.25) is 0 Å². The number of carbonyl (C=O) groups excluding carboxylic acids is 2. The Hall–Kier alpha value is -3.32. The first kappa shape index (κ1) is 20.4. The summed E-state index contributed by atoms with van der Waals surface area (Å²) in [6.07, 6.45) is 0. The lowest BCUT2D eigenvalue weighted by Gasteiger charge is -2.11. The van der Waals surface area contributed by atoms with Crippen molar-refractivity contribution in [1.29, 1.82) is 0 Å². The zero-order chi connectivity index (χ0) is 20.5. The fourth-order valence-electron chi connectivity index (χ4n) is 2.46. The standard InChI is InChI=1S/C22H19BrN2O4/c23-20-12-5-4-11-19(20)22(27)25-24-21(26)16-7-6-10-18(15-16)29-14-13-28-17-8-2-1-3-9-17/h1-12,15H,13-14H2,(H,24,26)(H,25,27). The molecule has 3 aromatic rings. The van der Waals surface area contributed by atoms with Gasteiger partial charge in [0.05, 0.1) is 5.56 Å². The summed E-state index contributed by atoms with van der Waals surface area (Å²) in [7, 11) is 0. The van der Waals surface area contributed by atoms with Crippen molar-refractivity contribution in [3.05, 3.63) is 94.5 Å². The molecule has 0 fully saturated rings. The van der Waals surface area contributed by atoms with E-state index in [1.165, 1.54) is 0 Å². The van der Waals surface area contributed by atoms with Crippen LogP contribution in [0.4, 0.5) is 0 Å². The number of nitrogens with one attached hydrogen (secondary N) is 2. The van der Waals surface area contributed by atoms with Crippen LogP contribution >= 0.6 is 15.9 Å². The molecule has 0 heterocycles. The second-order valence-corrected chi connectivity index (χ2v) is 6.78. The number of hydrogen-bond donors (Lipinski definition) is 2. The van der Waals surface area contributed by atoms with E-state index in [1.807, 2.05) is 30.3 Å². The van der Waals surface area contributed by atoms with Gasteiger partial charge in [-0.3, -0.25) is 20.4 Å². The second kappa shape index (κ2) is 10.3. The number of hydrogen-bond acceptors (Lipinski definition) is 4. The molecule has 29 heavy (non-hydrogen) atoms. The summed E-state index contributed by atoms with van der Waals surface area (Å²) >= 11 is 3.30. The van der Waals surface area contributed by atoms with Crippen LogP contribution in [0.5, 0.6) is 11.5 Å². The number of ether oxygens (including phenoxy) is 2. The molecule has 0 aliphatic heterocycles. The monoisotopic (exact) mass is 454 g/mol. The van der Waals surface area contributed by atoms with Crippen molar-refractivity contribution in [2.24, 2.45) is 0 Å². The highest BCUT2D eigenvalue weighted by atomic mass is 79.9. The molecule has 0 aliphatic rings. The zero-order valence-corrected chi connectivity index (χ0v) is 17.0. The van der Waals surface area contributed by atoms with Crippen LogP contribution in [0.1, 0.15) is 20.7 Å². The lowest BCUT2D eigenvalue weighted by atomic mass is 10.2. The average molecular weight is 455 g/mol. The van der Waals surface area contributed by atoms with Crippen molar-refractivity contribution in [1.82, 2.24) is 10.9 Å². The highest BCUT2D eigenvalue weighted by Crippen LogP contribution is 2.16. The summed E-state index contributed by atoms with van der Waals surface area (Å²) < 4.78 is 11.8. The Morgan fingerprint density at radius 1 is 0.724 bits per heavy atom. The van der Waals surface area contributed by atoms with E-state index in [1.54, 1.807) is 48.5 Å². The number of benzene rings is 3. The van der Waals surface area contributed by atoms with Crippen LogP contribution < -0.4 is 20.3 Å². The highest BCUT2D eigenvalue weighted by Gasteiger charge is 2.12. The molecule has 0 bridgehead atoms. The minimum atomic E-state index is -0.448. The number of halogens is 1. The Labute approximate surface area is 176 Å². The Kier molecular flexibility index (Phi) is 7.24. The average Bonchev–Trinajstić information content (AvgIpc) is 2.76. The molecule has 7 heteroatoms. The van der Waals surface area contributed by atoms with Crippen molar-refractivity contribution in [2.75, 3.05) is 13.2 Å². The van der Waals surface area contributed by atoms with Crippen LogP contribution in [0.3, 0.4) is 0 Å². The second-order valence-electron chi connectivity index (χ2n) is 5.93. The number of amides is 2. The first-order valence-electron chi connectivity index (χ1n) is 8.89. The van der Waals surface area contributed by atoms with E-state index in [9.17, 15) is 9.59 Å².